The van der Waals surface area contributed by atoms with Crippen molar-refractivity contribution in [2.75, 3.05) is 64.8 Å². The van der Waals surface area contributed by atoms with E-state index < -0.39 is 5.82 Å². The number of likely N-dealkylation sites (tertiary alicyclic amines) is 1. The van der Waals surface area contributed by atoms with Crippen LogP contribution in [-0.4, -0.2) is 92.1 Å². The van der Waals surface area contributed by atoms with Gasteiger partial charge >= 0.3 is 0 Å². The van der Waals surface area contributed by atoms with Gasteiger partial charge in [-0.05, 0) is 63.9 Å². The lowest BCUT2D eigenvalue weighted by Crippen LogP contribution is -2.47. The van der Waals surface area contributed by atoms with Gasteiger partial charge < -0.3 is 29.5 Å². The van der Waals surface area contributed by atoms with Crippen LogP contribution in [0.2, 0.25) is 15.1 Å². The number of carbonyl (C=O) groups excluding carboxylic acids is 1. The molecule has 0 bridgehead atoms. The van der Waals surface area contributed by atoms with Gasteiger partial charge in [-0.2, -0.15) is 0 Å². The number of nitrogens with one attached hydrogen (secondary N) is 1. The van der Waals surface area contributed by atoms with Crippen LogP contribution >= 0.6 is 34.8 Å². The maximum absolute atomic E-state index is 16.1. The molecule has 6 rings (SSSR count). The van der Waals surface area contributed by atoms with E-state index in [1.54, 1.807) is 4.90 Å². The second kappa shape index (κ2) is 14.6. The lowest BCUT2D eigenvalue weighted by molar-refractivity contribution is -0.127. The Bertz CT molecular complexity index is 1610. The third-order valence-corrected chi connectivity index (χ3v) is 10.4. The molecule has 2 aromatic rings. The molecule has 2 fully saturated rings. The molecule has 4 aliphatic heterocycles. The quantitative estimate of drug-likeness (QED) is 0.258. The van der Waals surface area contributed by atoms with Gasteiger partial charge in [0.1, 0.15) is 12.3 Å². The first-order valence-electron chi connectivity index (χ1n) is 16.4. The molecule has 2 aromatic carbocycles. The van der Waals surface area contributed by atoms with Gasteiger partial charge in [0.05, 0.1) is 27.4 Å². The Morgan fingerprint density at radius 1 is 1.11 bits per heavy atom. The summed E-state index contributed by atoms with van der Waals surface area (Å²) in [4.78, 5) is 24.0. The lowest BCUT2D eigenvalue weighted by atomic mass is 9.94. The average Bonchev–Trinajstić information content (AvgIpc) is 3.48. The summed E-state index contributed by atoms with van der Waals surface area (Å²) in [7, 11) is 2.12. The van der Waals surface area contributed by atoms with E-state index in [9.17, 15) is 4.79 Å². The molecule has 2 saturated heterocycles. The van der Waals surface area contributed by atoms with Gasteiger partial charge in [-0.3, -0.25) is 4.79 Å². The SMILES string of the molecule is C=CC(=O)N1CCN(C2=CCC(C)C(OC[C@@H]3CCCN3C)=Nc3c2cc(Cl)c2c3OCCCCNc3c(Cl)cc(Cl)c(F)c3-2)CC1. The van der Waals surface area contributed by atoms with Crippen LogP contribution in [0.5, 0.6) is 5.75 Å². The van der Waals surface area contributed by atoms with Crippen LogP contribution in [0.4, 0.5) is 15.8 Å². The zero-order valence-electron chi connectivity index (χ0n) is 26.9. The van der Waals surface area contributed by atoms with E-state index in [4.69, 9.17) is 49.3 Å². The predicted molar refractivity (Wildman–Crippen MR) is 189 cm³/mol. The van der Waals surface area contributed by atoms with Crippen molar-refractivity contribution in [2.45, 2.75) is 45.1 Å². The molecular formula is C35H41Cl3FN5O3. The van der Waals surface area contributed by atoms with Crippen molar-refractivity contribution in [1.82, 2.24) is 14.7 Å². The van der Waals surface area contributed by atoms with Gasteiger partial charge in [-0.1, -0.05) is 54.4 Å². The molecule has 0 radical (unpaired) electrons. The van der Waals surface area contributed by atoms with Crippen LogP contribution < -0.4 is 10.1 Å². The van der Waals surface area contributed by atoms with E-state index in [2.05, 4.69) is 41.7 Å². The normalized spacial score (nSPS) is 21.9. The number of halogens is 4. The second-order valence-corrected chi connectivity index (χ2v) is 13.8. The predicted octanol–water partition coefficient (Wildman–Crippen LogP) is 7.89. The summed E-state index contributed by atoms with van der Waals surface area (Å²) >= 11 is 20.2. The Balaban J connectivity index is 1.53. The molecule has 12 heteroatoms. The first-order chi connectivity index (χ1) is 22.7. The van der Waals surface area contributed by atoms with Crippen molar-refractivity contribution < 1.29 is 18.7 Å². The zero-order valence-corrected chi connectivity index (χ0v) is 29.2. The number of rotatable bonds is 4. The third-order valence-electron chi connectivity index (χ3n) is 9.53. The minimum absolute atomic E-state index is 0.0473. The van der Waals surface area contributed by atoms with Crippen molar-refractivity contribution in [3.8, 4) is 16.9 Å². The van der Waals surface area contributed by atoms with Crippen molar-refractivity contribution in [2.24, 2.45) is 10.9 Å². The molecule has 4 heterocycles. The number of nitrogens with zero attached hydrogens (tertiary/aromatic N) is 4. The fraction of sp³-hybridized carbons (Fsp3) is 0.486. The zero-order chi connectivity index (χ0) is 33.2. The molecule has 252 valence electrons. The molecule has 4 aliphatic rings. The summed E-state index contributed by atoms with van der Waals surface area (Å²) in [5.74, 6) is 0.175. The standard InChI is InChI=1S/C35H41Cl3FN5O3/c1-4-28(45)44-15-13-43(14-16-44)27-10-9-21(2)35(47-20-22-8-7-12-42(22)3)41-32-23(27)18-24(36)29-30-31(39)25(37)19-26(38)33(30)40-11-5-6-17-46-34(29)32/h4,10,18-19,21-22,40H,1,5-9,11-17,20H2,2-3H3/t21?,22-/m0/s1. The first-order valence-corrected chi connectivity index (χ1v) is 17.5. The van der Waals surface area contributed by atoms with Gasteiger partial charge in [-0.25, -0.2) is 9.38 Å². The second-order valence-electron chi connectivity index (χ2n) is 12.6. The van der Waals surface area contributed by atoms with E-state index in [1.807, 2.05) is 6.07 Å². The van der Waals surface area contributed by atoms with Crippen molar-refractivity contribution >= 4 is 63.7 Å². The number of piperazine rings is 1. The number of hydrogen-bond donors (Lipinski definition) is 1. The summed E-state index contributed by atoms with van der Waals surface area (Å²) in [5.41, 5.74) is 3.10. The molecular weight excluding hydrogens is 664 g/mol. The third kappa shape index (κ3) is 6.95. The number of hydrogen-bond acceptors (Lipinski definition) is 7. The lowest BCUT2D eigenvalue weighted by Gasteiger charge is -2.38. The van der Waals surface area contributed by atoms with Gasteiger partial charge in [0, 0.05) is 67.1 Å². The highest BCUT2D eigenvalue weighted by molar-refractivity contribution is 6.39. The van der Waals surface area contributed by atoms with Gasteiger partial charge in [0.15, 0.2) is 17.5 Å². The molecule has 1 N–H and O–H groups in total. The van der Waals surface area contributed by atoms with Gasteiger partial charge in [-0.15, -0.1) is 0 Å². The number of amides is 1. The summed E-state index contributed by atoms with van der Waals surface area (Å²) in [5, 5.41) is 3.78. The minimum atomic E-state index is -0.645. The maximum Gasteiger partial charge on any atom is 0.246 e. The first kappa shape index (κ1) is 33.9. The molecule has 1 unspecified atom stereocenters. The highest BCUT2D eigenvalue weighted by atomic mass is 35.5. The highest BCUT2D eigenvalue weighted by Crippen LogP contribution is 2.53. The Morgan fingerprint density at radius 2 is 1.89 bits per heavy atom. The fourth-order valence-corrected chi connectivity index (χ4v) is 7.59. The molecule has 0 spiro atoms. The minimum Gasteiger partial charge on any atom is -0.491 e. The number of fused-ring (bicyclic) bond motifs is 5. The number of anilines is 1. The molecule has 8 nitrogen and oxygen atoms in total. The monoisotopic (exact) mass is 703 g/mol. The van der Waals surface area contributed by atoms with Crippen LogP contribution in [0.15, 0.2) is 35.9 Å². The molecule has 0 aliphatic carbocycles. The topological polar surface area (TPSA) is 69.6 Å². The molecule has 47 heavy (non-hydrogen) atoms. The van der Waals surface area contributed by atoms with E-state index in [-0.39, 0.29) is 32.5 Å². The molecule has 1 amide bonds. The number of benzene rings is 2. The fourth-order valence-electron chi connectivity index (χ4n) is 6.78. The average molecular weight is 705 g/mol. The van der Waals surface area contributed by atoms with Crippen LogP contribution in [0.3, 0.4) is 0 Å². The van der Waals surface area contributed by atoms with Crippen molar-refractivity contribution in [3.63, 3.8) is 0 Å². The van der Waals surface area contributed by atoms with Crippen molar-refractivity contribution in [1.29, 1.82) is 0 Å². The Hall–Kier alpha value is -2.98. The number of ether oxygens (including phenoxy) is 2. The number of carbonyl (C=O) groups is 1. The largest absolute Gasteiger partial charge is 0.491 e. The molecule has 0 aromatic heterocycles. The van der Waals surface area contributed by atoms with Crippen molar-refractivity contribution in [3.05, 3.63) is 57.3 Å². The number of aliphatic imine (C=N–C) groups is 1. The Kier molecular flexibility index (Phi) is 10.6. The van der Waals surface area contributed by atoms with E-state index in [1.165, 1.54) is 12.1 Å². The van der Waals surface area contributed by atoms with Crippen LogP contribution in [-0.2, 0) is 9.53 Å². The van der Waals surface area contributed by atoms with Gasteiger partial charge in [0.2, 0.25) is 5.91 Å². The summed E-state index contributed by atoms with van der Waals surface area (Å²) < 4.78 is 29.2. The Morgan fingerprint density at radius 3 is 2.62 bits per heavy atom. The number of allylic oxidation sites excluding steroid dienone is 1. The maximum atomic E-state index is 16.1. The molecule has 2 atom stereocenters. The van der Waals surface area contributed by atoms with E-state index in [0.29, 0.717) is 87.0 Å². The summed E-state index contributed by atoms with van der Waals surface area (Å²) in [6, 6.07) is 3.54. The van der Waals surface area contributed by atoms with Crippen LogP contribution in [0, 0.1) is 11.7 Å². The summed E-state index contributed by atoms with van der Waals surface area (Å²) in [6.07, 6.45) is 7.96. The highest BCUT2D eigenvalue weighted by Gasteiger charge is 2.33. The van der Waals surface area contributed by atoms with Gasteiger partial charge in [0.25, 0.3) is 0 Å². The van der Waals surface area contributed by atoms with E-state index in [0.717, 1.165) is 43.5 Å². The summed E-state index contributed by atoms with van der Waals surface area (Å²) in [6.45, 7) is 10.6. The smallest absolute Gasteiger partial charge is 0.246 e. The van der Waals surface area contributed by atoms with E-state index >= 15 is 4.39 Å². The van der Waals surface area contributed by atoms with Crippen LogP contribution in [0.1, 0.15) is 44.6 Å². The van der Waals surface area contributed by atoms with Crippen LogP contribution in [0.25, 0.3) is 16.8 Å². The number of likely N-dealkylation sites (N-methyl/N-ethyl adjacent to an activating group) is 1. The molecule has 0 saturated carbocycles. The Labute approximate surface area is 291 Å².